The maximum atomic E-state index is 12.1. The normalized spacial score (nSPS) is 12.0. The summed E-state index contributed by atoms with van der Waals surface area (Å²) in [5.74, 6) is 0. The minimum atomic E-state index is -3.78. The van der Waals surface area contributed by atoms with Crippen LogP contribution >= 0.6 is 0 Å². The van der Waals surface area contributed by atoms with Crippen LogP contribution in [0, 0.1) is 6.92 Å². The number of rotatable bonds is 39. The number of ether oxygens (including phenoxy) is 12. The molecule has 0 saturated carbocycles. The molecule has 0 heterocycles. The lowest BCUT2D eigenvalue weighted by molar-refractivity contribution is -0.0294. The SMILES string of the molecule is Cc1ccc(S(=O)(=O)OCCOCCOCCOCCOCCOCCOCCOCCOCCOCCOCCOCCOC(C)C)cc1. The van der Waals surface area contributed by atoms with Crippen LogP contribution in [0.15, 0.2) is 29.2 Å². The zero-order chi connectivity index (χ0) is 36.2. The maximum absolute atomic E-state index is 12.1. The van der Waals surface area contributed by atoms with Crippen molar-refractivity contribution in [1.29, 1.82) is 0 Å². The van der Waals surface area contributed by atoms with Crippen LogP contribution in [0.25, 0.3) is 0 Å². The van der Waals surface area contributed by atoms with Crippen LogP contribution in [0.5, 0.6) is 0 Å². The van der Waals surface area contributed by atoms with Crippen LogP contribution in [0.1, 0.15) is 19.4 Å². The van der Waals surface area contributed by atoms with E-state index in [2.05, 4.69) is 0 Å². The number of benzene rings is 1. The van der Waals surface area contributed by atoms with Crippen molar-refractivity contribution in [3.05, 3.63) is 29.8 Å². The molecule has 0 saturated heterocycles. The third kappa shape index (κ3) is 31.4. The molecule has 16 heteroatoms. The van der Waals surface area contributed by atoms with E-state index in [0.29, 0.717) is 145 Å². The van der Waals surface area contributed by atoms with Gasteiger partial charge in [0.05, 0.1) is 170 Å². The van der Waals surface area contributed by atoms with Gasteiger partial charge in [-0.15, -0.1) is 0 Å². The Kier molecular flexibility index (Phi) is 32.4. The summed E-state index contributed by atoms with van der Waals surface area (Å²) in [7, 11) is -3.78. The quantitative estimate of drug-likeness (QED) is 0.0716. The Hall–Kier alpha value is -1.35. The average Bonchev–Trinajstić information content (AvgIpc) is 3.09. The van der Waals surface area contributed by atoms with Crippen LogP contribution in [0.4, 0.5) is 0 Å². The molecular weight excluding hydrogens is 680 g/mol. The first-order valence-corrected chi connectivity index (χ1v) is 18.8. The fourth-order valence-electron chi connectivity index (χ4n) is 3.62. The second-order valence-corrected chi connectivity index (χ2v) is 12.4. The van der Waals surface area contributed by atoms with E-state index < -0.39 is 10.1 Å². The first-order chi connectivity index (χ1) is 24.4. The smallest absolute Gasteiger partial charge is 0.297 e. The molecule has 50 heavy (non-hydrogen) atoms. The highest BCUT2D eigenvalue weighted by atomic mass is 32.2. The molecule has 1 aromatic rings. The largest absolute Gasteiger partial charge is 0.377 e. The lowest BCUT2D eigenvalue weighted by Crippen LogP contribution is -2.16. The Morgan fingerprint density at radius 2 is 0.640 bits per heavy atom. The van der Waals surface area contributed by atoms with E-state index in [1.165, 1.54) is 12.1 Å². The van der Waals surface area contributed by atoms with Crippen molar-refractivity contribution in [3.8, 4) is 0 Å². The minimum Gasteiger partial charge on any atom is -0.377 e. The third-order valence-corrected chi connectivity index (χ3v) is 7.50. The number of hydrogen-bond donors (Lipinski definition) is 0. The molecule has 0 spiro atoms. The predicted octanol–water partition coefficient (Wildman–Crippen LogP) is 2.31. The lowest BCUT2D eigenvalue weighted by Gasteiger charge is -2.09. The minimum absolute atomic E-state index is 0.0604. The Morgan fingerprint density at radius 3 is 0.900 bits per heavy atom. The Labute approximate surface area is 299 Å². The van der Waals surface area contributed by atoms with E-state index in [-0.39, 0.29) is 24.2 Å². The summed E-state index contributed by atoms with van der Waals surface area (Å²) in [4.78, 5) is 0.127. The summed E-state index contributed by atoms with van der Waals surface area (Å²) in [6.45, 7) is 16.7. The summed E-state index contributed by atoms with van der Waals surface area (Å²) in [6, 6.07) is 6.48. The molecule has 0 aromatic heterocycles. The van der Waals surface area contributed by atoms with Crippen molar-refractivity contribution >= 4 is 10.1 Å². The maximum Gasteiger partial charge on any atom is 0.297 e. The molecule has 0 aliphatic heterocycles. The molecule has 0 aliphatic rings. The van der Waals surface area contributed by atoms with Crippen molar-refractivity contribution in [2.24, 2.45) is 0 Å². The second-order valence-electron chi connectivity index (χ2n) is 10.7. The Bertz CT molecular complexity index is 950. The summed E-state index contributed by atoms with van der Waals surface area (Å²) in [5.41, 5.74) is 0.974. The van der Waals surface area contributed by atoms with Gasteiger partial charge in [0, 0.05) is 0 Å². The molecule has 0 amide bonds. The van der Waals surface area contributed by atoms with E-state index in [1.54, 1.807) is 12.1 Å². The topological polar surface area (TPSA) is 154 Å². The van der Waals surface area contributed by atoms with Crippen LogP contribution in [0.3, 0.4) is 0 Å². The molecule has 0 radical (unpaired) electrons. The fourth-order valence-corrected chi connectivity index (χ4v) is 4.51. The zero-order valence-electron chi connectivity index (χ0n) is 30.4. The van der Waals surface area contributed by atoms with E-state index in [9.17, 15) is 8.42 Å². The van der Waals surface area contributed by atoms with Gasteiger partial charge in [0.2, 0.25) is 0 Å². The second kappa shape index (κ2) is 34.7. The Morgan fingerprint density at radius 1 is 0.400 bits per heavy atom. The summed E-state index contributed by atoms with van der Waals surface area (Å²) in [6.07, 6.45) is 0.224. The van der Waals surface area contributed by atoms with Gasteiger partial charge in [-0.05, 0) is 32.9 Å². The summed E-state index contributed by atoms with van der Waals surface area (Å²) in [5, 5.41) is 0. The van der Waals surface area contributed by atoms with E-state index in [1.807, 2.05) is 20.8 Å². The molecule has 1 rings (SSSR count). The van der Waals surface area contributed by atoms with Crippen molar-refractivity contribution in [3.63, 3.8) is 0 Å². The highest BCUT2D eigenvalue weighted by Crippen LogP contribution is 2.12. The molecule has 0 fully saturated rings. The van der Waals surface area contributed by atoms with E-state index in [4.69, 9.17) is 61.0 Å². The monoisotopic (exact) mass is 742 g/mol. The van der Waals surface area contributed by atoms with Gasteiger partial charge in [-0.2, -0.15) is 8.42 Å². The molecule has 0 bridgehead atoms. The number of hydrogen-bond acceptors (Lipinski definition) is 15. The molecular formula is C34H62O15S. The lowest BCUT2D eigenvalue weighted by atomic mass is 10.2. The van der Waals surface area contributed by atoms with Gasteiger partial charge in [0.1, 0.15) is 0 Å². The Balaban J connectivity index is 1.66. The fraction of sp³-hybridized carbons (Fsp3) is 0.824. The summed E-state index contributed by atoms with van der Waals surface area (Å²) < 4.78 is 94.4. The van der Waals surface area contributed by atoms with Gasteiger partial charge in [-0.25, -0.2) is 0 Å². The van der Waals surface area contributed by atoms with Crippen LogP contribution in [-0.2, 0) is 71.1 Å². The third-order valence-electron chi connectivity index (χ3n) is 6.17. The first-order valence-electron chi connectivity index (χ1n) is 17.3. The van der Waals surface area contributed by atoms with Crippen molar-refractivity contribution in [1.82, 2.24) is 0 Å². The predicted molar refractivity (Wildman–Crippen MR) is 184 cm³/mol. The standard InChI is InChI=1S/C34H62O15S/c1-32(2)48-30-28-46-26-24-44-22-20-42-18-16-40-14-12-38-10-8-37-9-11-39-13-15-41-17-19-43-21-23-45-25-27-47-29-31-49-50(35,36)34-6-4-33(3)5-7-34/h4-7,32H,8-31H2,1-3H3. The zero-order valence-corrected chi connectivity index (χ0v) is 31.2. The van der Waals surface area contributed by atoms with Crippen molar-refractivity contribution in [2.75, 3.05) is 159 Å². The average molecular weight is 743 g/mol. The molecule has 0 atom stereocenters. The summed E-state index contributed by atoms with van der Waals surface area (Å²) >= 11 is 0. The van der Waals surface area contributed by atoms with Crippen molar-refractivity contribution in [2.45, 2.75) is 31.8 Å². The molecule has 0 aliphatic carbocycles. The van der Waals surface area contributed by atoms with Crippen molar-refractivity contribution < 1.29 is 69.4 Å². The van der Waals surface area contributed by atoms with Crippen LogP contribution in [-0.4, -0.2) is 173 Å². The number of aryl methyl sites for hydroxylation is 1. The van der Waals surface area contributed by atoms with Gasteiger partial charge in [0.25, 0.3) is 10.1 Å². The molecule has 0 unspecified atom stereocenters. The molecule has 0 N–H and O–H groups in total. The van der Waals surface area contributed by atoms with E-state index in [0.717, 1.165) is 5.56 Å². The van der Waals surface area contributed by atoms with Gasteiger partial charge >= 0.3 is 0 Å². The first kappa shape index (κ1) is 46.7. The van der Waals surface area contributed by atoms with Gasteiger partial charge in [-0.3, -0.25) is 4.18 Å². The highest BCUT2D eigenvalue weighted by Gasteiger charge is 2.14. The molecule has 294 valence electrons. The van der Waals surface area contributed by atoms with Crippen LogP contribution < -0.4 is 0 Å². The van der Waals surface area contributed by atoms with Gasteiger partial charge in [-0.1, -0.05) is 17.7 Å². The van der Waals surface area contributed by atoms with E-state index >= 15 is 0 Å². The highest BCUT2D eigenvalue weighted by molar-refractivity contribution is 7.86. The van der Waals surface area contributed by atoms with Gasteiger partial charge in [0.15, 0.2) is 0 Å². The molecule has 15 nitrogen and oxygen atoms in total. The molecule has 1 aromatic carbocycles. The van der Waals surface area contributed by atoms with Gasteiger partial charge < -0.3 is 56.8 Å². The van der Waals surface area contributed by atoms with Crippen LogP contribution in [0.2, 0.25) is 0 Å².